The maximum atomic E-state index is 12.2. The quantitative estimate of drug-likeness (QED) is 0.821. The second-order valence-corrected chi connectivity index (χ2v) is 4.83. The van der Waals surface area contributed by atoms with Crippen LogP contribution < -0.4 is 10.6 Å². The van der Waals surface area contributed by atoms with Gasteiger partial charge in [-0.05, 0) is 40.7 Å². The first-order chi connectivity index (χ1) is 8.00. The standard InChI is InChI=1S/C13H20N2O2/c1-7-9(3)17-10(4)12(7)13(16)15-11-5-6-14-8(11)2/h8,11,14H,5-6H2,1-4H3,(H,15,16)/t8-,11+/m0/s1. The summed E-state index contributed by atoms with van der Waals surface area (Å²) in [6.45, 7) is 8.72. The molecule has 1 aromatic heterocycles. The predicted octanol–water partition coefficient (Wildman–Crippen LogP) is 1.69. The third-order valence-corrected chi connectivity index (χ3v) is 3.63. The van der Waals surface area contributed by atoms with E-state index in [-0.39, 0.29) is 11.9 Å². The number of carbonyl (C=O) groups is 1. The number of hydrogen-bond donors (Lipinski definition) is 2. The van der Waals surface area contributed by atoms with Crippen molar-refractivity contribution in [2.24, 2.45) is 0 Å². The van der Waals surface area contributed by atoms with E-state index in [0.29, 0.717) is 17.4 Å². The number of rotatable bonds is 2. The van der Waals surface area contributed by atoms with Crippen molar-refractivity contribution in [2.45, 2.75) is 46.2 Å². The van der Waals surface area contributed by atoms with Crippen LogP contribution >= 0.6 is 0 Å². The van der Waals surface area contributed by atoms with Crippen LogP contribution in [0.15, 0.2) is 4.42 Å². The summed E-state index contributed by atoms with van der Waals surface area (Å²) in [5.41, 5.74) is 1.64. The maximum Gasteiger partial charge on any atom is 0.255 e. The van der Waals surface area contributed by atoms with Crippen molar-refractivity contribution in [3.8, 4) is 0 Å². The van der Waals surface area contributed by atoms with Gasteiger partial charge in [0.1, 0.15) is 11.5 Å². The van der Waals surface area contributed by atoms with Crippen molar-refractivity contribution in [1.82, 2.24) is 10.6 Å². The summed E-state index contributed by atoms with van der Waals surface area (Å²) >= 11 is 0. The first-order valence-electron chi connectivity index (χ1n) is 6.11. The normalized spacial score (nSPS) is 24.0. The summed E-state index contributed by atoms with van der Waals surface area (Å²) in [6, 6.07) is 0.559. The molecule has 1 fully saturated rings. The van der Waals surface area contributed by atoms with E-state index in [2.05, 4.69) is 17.6 Å². The molecular weight excluding hydrogens is 216 g/mol. The van der Waals surface area contributed by atoms with E-state index in [4.69, 9.17) is 4.42 Å². The first-order valence-corrected chi connectivity index (χ1v) is 6.11. The predicted molar refractivity (Wildman–Crippen MR) is 66.3 cm³/mol. The molecule has 0 saturated carbocycles. The molecule has 1 saturated heterocycles. The highest BCUT2D eigenvalue weighted by Crippen LogP contribution is 2.21. The fourth-order valence-corrected chi connectivity index (χ4v) is 2.42. The topological polar surface area (TPSA) is 54.3 Å². The van der Waals surface area contributed by atoms with Gasteiger partial charge in [-0.25, -0.2) is 0 Å². The van der Waals surface area contributed by atoms with Crippen molar-refractivity contribution >= 4 is 5.91 Å². The number of amides is 1. The summed E-state index contributed by atoms with van der Waals surface area (Å²) < 4.78 is 5.48. The van der Waals surface area contributed by atoms with Crippen LogP contribution in [0.25, 0.3) is 0 Å². The number of furan rings is 1. The van der Waals surface area contributed by atoms with E-state index in [0.717, 1.165) is 24.3 Å². The summed E-state index contributed by atoms with van der Waals surface area (Å²) in [7, 11) is 0. The molecule has 17 heavy (non-hydrogen) atoms. The van der Waals surface area contributed by atoms with Crippen molar-refractivity contribution in [3.05, 3.63) is 22.6 Å². The molecule has 0 unspecified atom stereocenters. The van der Waals surface area contributed by atoms with E-state index in [1.165, 1.54) is 0 Å². The zero-order valence-corrected chi connectivity index (χ0v) is 10.9. The average molecular weight is 236 g/mol. The Morgan fingerprint density at radius 1 is 1.35 bits per heavy atom. The fraction of sp³-hybridized carbons (Fsp3) is 0.615. The highest BCUT2D eigenvalue weighted by Gasteiger charge is 2.27. The van der Waals surface area contributed by atoms with Crippen molar-refractivity contribution < 1.29 is 9.21 Å². The Morgan fingerprint density at radius 3 is 2.53 bits per heavy atom. The van der Waals surface area contributed by atoms with Gasteiger partial charge in [0, 0.05) is 17.6 Å². The number of carbonyl (C=O) groups excluding carboxylic acids is 1. The van der Waals surface area contributed by atoms with Crippen LogP contribution in [-0.2, 0) is 0 Å². The summed E-state index contributed by atoms with van der Waals surface area (Å²) in [6.07, 6.45) is 0.988. The fourth-order valence-electron chi connectivity index (χ4n) is 2.42. The van der Waals surface area contributed by atoms with Crippen LogP contribution in [0.3, 0.4) is 0 Å². The van der Waals surface area contributed by atoms with E-state index in [1.807, 2.05) is 20.8 Å². The molecule has 0 radical (unpaired) electrons. The van der Waals surface area contributed by atoms with E-state index >= 15 is 0 Å². The Bertz CT molecular complexity index is 437. The van der Waals surface area contributed by atoms with Gasteiger partial charge >= 0.3 is 0 Å². The Hall–Kier alpha value is -1.29. The van der Waals surface area contributed by atoms with Gasteiger partial charge in [-0.3, -0.25) is 4.79 Å². The van der Waals surface area contributed by atoms with Gasteiger partial charge in [-0.1, -0.05) is 0 Å². The first kappa shape index (κ1) is 12.2. The van der Waals surface area contributed by atoms with Crippen molar-refractivity contribution in [2.75, 3.05) is 6.54 Å². The summed E-state index contributed by atoms with van der Waals surface area (Å²) in [4.78, 5) is 12.2. The zero-order chi connectivity index (χ0) is 12.6. The minimum atomic E-state index is -0.0163. The third-order valence-electron chi connectivity index (χ3n) is 3.63. The minimum absolute atomic E-state index is 0.0163. The summed E-state index contributed by atoms with van der Waals surface area (Å²) in [5.74, 6) is 1.51. The lowest BCUT2D eigenvalue weighted by Gasteiger charge is -2.16. The lowest BCUT2D eigenvalue weighted by Crippen LogP contribution is -2.42. The van der Waals surface area contributed by atoms with Crippen LogP contribution in [-0.4, -0.2) is 24.5 Å². The molecule has 0 aliphatic carbocycles. The van der Waals surface area contributed by atoms with Gasteiger partial charge in [0.25, 0.3) is 5.91 Å². The van der Waals surface area contributed by atoms with Gasteiger partial charge in [0.15, 0.2) is 0 Å². The smallest absolute Gasteiger partial charge is 0.255 e. The van der Waals surface area contributed by atoms with Crippen molar-refractivity contribution in [3.63, 3.8) is 0 Å². The van der Waals surface area contributed by atoms with Crippen LogP contribution in [0, 0.1) is 20.8 Å². The second-order valence-electron chi connectivity index (χ2n) is 4.83. The number of hydrogen-bond acceptors (Lipinski definition) is 3. The molecule has 0 spiro atoms. The molecule has 2 heterocycles. The largest absolute Gasteiger partial charge is 0.466 e. The number of aryl methyl sites for hydroxylation is 2. The monoisotopic (exact) mass is 236 g/mol. The molecule has 1 aliphatic heterocycles. The Labute approximate surface area is 102 Å². The van der Waals surface area contributed by atoms with Crippen LogP contribution in [0.1, 0.15) is 40.8 Å². The van der Waals surface area contributed by atoms with E-state index in [1.54, 1.807) is 0 Å². The average Bonchev–Trinajstić information content (AvgIpc) is 2.74. The van der Waals surface area contributed by atoms with Gasteiger partial charge in [0.05, 0.1) is 5.56 Å². The molecular formula is C13H20N2O2. The lowest BCUT2D eigenvalue weighted by molar-refractivity contribution is 0.0932. The highest BCUT2D eigenvalue weighted by atomic mass is 16.3. The maximum absolute atomic E-state index is 12.2. The Kier molecular flexibility index (Phi) is 3.24. The molecule has 2 atom stereocenters. The van der Waals surface area contributed by atoms with Crippen LogP contribution in [0.2, 0.25) is 0 Å². The zero-order valence-electron chi connectivity index (χ0n) is 10.9. The highest BCUT2D eigenvalue weighted by molar-refractivity contribution is 5.97. The Balaban J connectivity index is 2.14. The molecule has 4 nitrogen and oxygen atoms in total. The van der Waals surface area contributed by atoms with E-state index in [9.17, 15) is 4.79 Å². The molecule has 2 rings (SSSR count). The van der Waals surface area contributed by atoms with Gasteiger partial charge < -0.3 is 15.1 Å². The van der Waals surface area contributed by atoms with E-state index < -0.39 is 0 Å². The lowest BCUT2D eigenvalue weighted by atomic mass is 10.1. The number of nitrogens with one attached hydrogen (secondary N) is 2. The molecule has 4 heteroatoms. The van der Waals surface area contributed by atoms with Crippen molar-refractivity contribution in [1.29, 1.82) is 0 Å². The molecule has 1 amide bonds. The molecule has 94 valence electrons. The minimum Gasteiger partial charge on any atom is -0.466 e. The third kappa shape index (κ3) is 2.22. The molecule has 1 aliphatic rings. The summed E-state index contributed by atoms with van der Waals surface area (Å²) in [5, 5.41) is 6.40. The van der Waals surface area contributed by atoms with Gasteiger partial charge in [-0.2, -0.15) is 0 Å². The van der Waals surface area contributed by atoms with Crippen LogP contribution in [0.5, 0.6) is 0 Å². The molecule has 2 N–H and O–H groups in total. The molecule has 0 aromatic carbocycles. The molecule has 1 aromatic rings. The second kappa shape index (κ2) is 4.53. The molecule has 0 bridgehead atoms. The SMILES string of the molecule is Cc1oc(C)c(C(=O)N[C@@H]2CCN[C@H]2C)c1C. The van der Waals surface area contributed by atoms with Gasteiger partial charge in [0.2, 0.25) is 0 Å². The Morgan fingerprint density at radius 2 is 2.06 bits per heavy atom. The van der Waals surface area contributed by atoms with Gasteiger partial charge in [-0.15, -0.1) is 0 Å². The van der Waals surface area contributed by atoms with Crippen LogP contribution in [0.4, 0.5) is 0 Å².